The Labute approximate surface area is 175 Å². The third kappa shape index (κ3) is 3.42. The van der Waals surface area contributed by atoms with Crippen LogP contribution in [0.1, 0.15) is 38.8 Å². The number of nitrogens with zero attached hydrogens (tertiary/aromatic N) is 3. The number of rotatable bonds is 2. The van der Waals surface area contributed by atoms with Crippen LogP contribution in [0.5, 0.6) is 0 Å². The summed E-state index contributed by atoms with van der Waals surface area (Å²) in [5.41, 5.74) is 2.44. The second-order valence-corrected chi connectivity index (χ2v) is 8.87. The SMILES string of the molecule is CC1=C(C(=O)N2CC(C)CC(C)C2)C(c2ccc(Cl)c(Cl)c2)n2nccc2N1. The van der Waals surface area contributed by atoms with Gasteiger partial charge in [-0.3, -0.25) is 4.79 Å². The fraction of sp³-hybridized carbons (Fsp3) is 0.429. The van der Waals surface area contributed by atoms with Gasteiger partial charge in [-0.2, -0.15) is 5.10 Å². The number of benzene rings is 1. The highest BCUT2D eigenvalue weighted by atomic mass is 35.5. The van der Waals surface area contributed by atoms with Gasteiger partial charge in [-0.15, -0.1) is 0 Å². The summed E-state index contributed by atoms with van der Waals surface area (Å²) in [6, 6.07) is 7.07. The Bertz CT molecular complexity index is 942. The number of amides is 1. The summed E-state index contributed by atoms with van der Waals surface area (Å²) < 4.78 is 1.84. The maximum Gasteiger partial charge on any atom is 0.254 e. The normalized spacial score (nSPS) is 24.8. The molecule has 0 bridgehead atoms. The molecule has 4 rings (SSSR count). The van der Waals surface area contributed by atoms with Crippen molar-refractivity contribution in [1.29, 1.82) is 0 Å². The molecule has 1 N–H and O–H groups in total. The summed E-state index contributed by atoms with van der Waals surface area (Å²) in [7, 11) is 0. The summed E-state index contributed by atoms with van der Waals surface area (Å²) >= 11 is 12.4. The standard InChI is InChI=1S/C21H24Cl2N4O/c1-12-8-13(2)11-26(10-12)21(28)19-14(3)25-18-6-7-24-27(18)20(19)15-4-5-16(22)17(23)9-15/h4-7,9,12-13,20,25H,8,10-11H2,1-3H3. The van der Waals surface area contributed by atoms with E-state index in [2.05, 4.69) is 24.3 Å². The maximum absolute atomic E-state index is 13.6. The molecule has 2 aliphatic rings. The maximum atomic E-state index is 13.6. The number of allylic oxidation sites excluding steroid dienone is 1. The van der Waals surface area contributed by atoms with E-state index in [4.69, 9.17) is 23.2 Å². The number of carbonyl (C=O) groups excluding carboxylic acids is 1. The van der Waals surface area contributed by atoms with Crippen LogP contribution in [0.3, 0.4) is 0 Å². The van der Waals surface area contributed by atoms with Gasteiger partial charge in [0.05, 0.1) is 21.8 Å². The Morgan fingerprint density at radius 2 is 1.86 bits per heavy atom. The highest BCUT2D eigenvalue weighted by Gasteiger charge is 2.36. The Kier molecular flexibility index (Phi) is 5.15. The van der Waals surface area contributed by atoms with Gasteiger partial charge in [0, 0.05) is 24.9 Å². The zero-order valence-electron chi connectivity index (χ0n) is 16.2. The molecule has 5 nitrogen and oxygen atoms in total. The van der Waals surface area contributed by atoms with Gasteiger partial charge in [0.2, 0.25) is 0 Å². The smallest absolute Gasteiger partial charge is 0.254 e. The minimum atomic E-state index is -0.346. The number of likely N-dealkylation sites (tertiary alicyclic amines) is 1. The molecule has 2 aliphatic heterocycles. The first-order chi connectivity index (χ1) is 13.3. The van der Waals surface area contributed by atoms with Gasteiger partial charge in [-0.25, -0.2) is 4.68 Å². The van der Waals surface area contributed by atoms with Crippen molar-refractivity contribution in [1.82, 2.24) is 14.7 Å². The molecule has 1 saturated heterocycles. The lowest BCUT2D eigenvalue weighted by atomic mass is 9.89. The number of nitrogens with one attached hydrogen (secondary N) is 1. The molecule has 3 unspecified atom stereocenters. The fourth-order valence-electron chi connectivity index (χ4n) is 4.47. The van der Waals surface area contributed by atoms with Crippen LogP contribution in [0.25, 0.3) is 0 Å². The van der Waals surface area contributed by atoms with Gasteiger partial charge in [-0.1, -0.05) is 43.1 Å². The Morgan fingerprint density at radius 1 is 1.14 bits per heavy atom. The van der Waals surface area contributed by atoms with Gasteiger partial charge >= 0.3 is 0 Å². The topological polar surface area (TPSA) is 50.2 Å². The summed E-state index contributed by atoms with van der Waals surface area (Å²) in [4.78, 5) is 15.6. The molecule has 1 aromatic heterocycles. The highest BCUT2D eigenvalue weighted by Crippen LogP contribution is 2.39. The van der Waals surface area contributed by atoms with Gasteiger partial charge < -0.3 is 10.2 Å². The molecule has 1 aromatic carbocycles. The van der Waals surface area contributed by atoms with Crippen molar-refractivity contribution in [2.75, 3.05) is 18.4 Å². The van der Waals surface area contributed by atoms with Crippen LogP contribution in [0, 0.1) is 11.8 Å². The largest absolute Gasteiger partial charge is 0.344 e. The van der Waals surface area contributed by atoms with Gasteiger partial charge in [0.1, 0.15) is 11.9 Å². The number of carbonyl (C=O) groups is 1. The van der Waals surface area contributed by atoms with Crippen LogP contribution < -0.4 is 5.32 Å². The molecule has 0 aliphatic carbocycles. The van der Waals surface area contributed by atoms with E-state index in [1.165, 1.54) is 0 Å². The molecule has 28 heavy (non-hydrogen) atoms. The van der Waals surface area contributed by atoms with E-state index >= 15 is 0 Å². The van der Waals surface area contributed by atoms with E-state index in [1.54, 1.807) is 12.3 Å². The number of piperidine rings is 1. The quantitative estimate of drug-likeness (QED) is 0.747. The summed E-state index contributed by atoms with van der Waals surface area (Å²) in [5.74, 6) is 1.90. The molecular formula is C21H24Cl2N4O. The van der Waals surface area contributed by atoms with E-state index in [0.29, 0.717) is 27.5 Å². The monoisotopic (exact) mass is 418 g/mol. The van der Waals surface area contributed by atoms with Crippen molar-refractivity contribution in [3.05, 3.63) is 57.3 Å². The van der Waals surface area contributed by atoms with Crippen molar-refractivity contribution in [3.8, 4) is 0 Å². The fourth-order valence-corrected chi connectivity index (χ4v) is 4.78. The second kappa shape index (κ2) is 7.45. The number of hydrogen-bond donors (Lipinski definition) is 1. The van der Waals surface area contributed by atoms with Crippen molar-refractivity contribution >= 4 is 34.9 Å². The molecule has 3 heterocycles. The van der Waals surface area contributed by atoms with Crippen molar-refractivity contribution in [2.24, 2.45) is 11.8 Å². The zero-order valence-corrected chi connectivity index (χ0v) is 17.8. The second-order valence-electron chi connectivity index (χ2n) is 8.06. The summed E-state index contributed by atoms with van der Waals surface area (Å²) in [6.45, 7) is 7.92. The molecule has 0 saturated carbocycles. The molecule has 7 heteroatoms. The summed E-state index contributed by atoms with van der Waals surface area (Å²) in [6.07, 6.45) is 2.89. The Balaban J connectivity index is 1.79. The number of anilines is 1. The average molecular weight is 419 g/mol. The third-order valence-electron chi connectivity index (χ3n) is 5.55. The average Bonchev–Trinajstić information content (AvgIpc) is 3.09. The van der Waals surface area contributed by atoms with Crippen LogP contribution in [-0.4, -0.2) is 33.7 Å². The molecule has 0 radical (unpaired) electrons. The van der Waals surface area contributed by atoms with E-state index in [1.807, 2.05) is 34.7 Å². The minimum Gasteiger partial charge on any atom is -0.344 e. The van der Waals surface area contributed by atoms with Gasteiger partial charge in [0.15, 0.2) is 0 Å². The lowest BCUT2D eigenvalue weighted by Gasteiger charge is -2.38. The Hall–Kier alpha value is -1.98. The number of hydrogen-bond acceptors (Lipinski definition) is 3. The minimum absolute atomic E-state index is 0.0561. The van der Waals surface area contributed by atoms with Crippen molar-refractivity contribution in [2.45, 2.75) is 33.2 Å². The predicted octanol–water partition coefficient (Wildman–Crippen LogP) is 4.98. The van der Waals surface area contributed by atoms with Crippen LogP contribution >= 0.6 is 23.2 Å². The van der Waals surface area contributed by atoms with E-state index < -0.39 is 0 Å². The van der Waals surface area contributed by atoms with Crippen LogP contribution in [-0.2, 0) is 4.79 Å². The van der Waals surface area contributed by atoms with Crippen molar-refractivity contribution < 1.29 is 4.79 Å². The van der Waals surface area contributed by atoms with Gasteiger partial charge in [0.25, 0.3) is 5.91 Å². The Morgan fingerprint density at radius 3 is 2.54 bits per heavy atom. The molecular weight excluding hydrogens is 395 g/mol. The number of halogens is 2. The number of aromatic nitrogens is 2. The molecule has 148 valence electrons. The first kappa shape index (κ1) is 19.3. The van der Waals surface area contributed by atoms with E-state index in [0.717, 1.165) is 36.6 Å². The van der Waals surface area contributed by atoms with Crippen LogP contribution in [0.2, 0.25) is 10.0 Å². The predicted molar refractivity (Wildman–Crippen MR) is 113 cm³/mol. The number of fused-ring (bicyclic) bond motifs is 1. The molecule has 1 amide bonds. The summed E-state index contributed by atoms with van der Waals surface area (Å²) in [5, 5.41) is 8.78. The first-order valence-corrected chi connectivity index (χ1v) is 10.4. The third-order valence-corrected chi connectivity index (χ3v) is 6.29. The molecule has 1 fully saturated rings. The highest BCUT2D eigenvalue weighted by molar-refractivity contribution is 6.42. The van der Waals surface area contributed by atoms with E-state index in [-0.39, 0.29) is 11.9 Å². The van der Waals surface area contributed by atoms with E-state index in [9.17, 15) is 4.79 Å². The lowest BCUT2D eigenvalue weighted by Crippen LogP contribution is -2.45. The molecule has 3 atom stereocenters. The molecule has 0 spiro atoms. The molecule has 2 aromatic rings. The lowest BCUT2D eigenvalue weighted by molar-refractivity contribution is -0.130. The van der Waals surface area contributed by atoms with Gasteiger partial charge in [-0.05, 0) is 42.9 Å². The van der Waals surface area contributed by atoms with Crippen molar-refractivity contribution in [3.63, 3.8) is 0 Å². The first-order valence-electron chi connectivity index (χ1n) is 9.60. The zero-order chi connectivity index (χ0) is 20.0. The van der Waals surface area contributed by atoms with Crippen LogP contribution in [0.4, 0.5) is 5.82 Å². The van der Waals surface area contributed by atoms with Crippen LogP contribution in [0.15, 0.2) is 41.7 Å².